The number of nitrogens with one attached hydrogen (secondary N) is 1. The molecule has 300 valence electrons. The van der Waals surface area contributed by atoms with E-state index in [1.54, 1.807) is 11.8 Å². The number of nitrogens with zero attached hydrogens (tertiary/aromatic N) is 3. The van der Waals surface area contributed by atoms with Gasteiger partial charge in [0.05, 0.1) is 40.6 Å². The van der Waals surface area contributed by atoms with Crippen molar-refractivity contribution in [1.29, 1.82) is 0 Å². The standard InChI is InChI=1S/C42H58N4O8S/c1-8-27-19-26(2)13-9-10-14-28-22-42(28,39(50)45-55(51,52)41(6)17-18-41)24-35(48)34-21-30(25-46(34)38(49)33(27)20-29(47)23-40(3,4)5)54-37-32-16-12-11-15-31(32)36(53-7)43-44-37/h10-12,14-16,26-28,30,33-34H,8-9,13,17-25H2,1-7H3,(H,45,50)/b14-10-/t26-,27+,28+,30+,33-,34-,42+/m0/s1. The third-order valence-electron chi connectivity index (χ3n) is 12.4. The molecule has 2 aliphatic heterocycles. The van der Waals surface area contributed by atoms with Gasteiger partial charge in [-0.3, -0.25) is 23.9 Å². The third kappa shape index (κ3) is 8.76. The Morgan fingerprint density at radius 2 is 1.73 bits per heavy atom. The van der Waals surface area contributed by atoms with Crippen LogP contribution in [0.15, 0.2) is 36.4 Å². The number of aromatic nitrogens is 2. The van der Waals surface area contributed by atoms with Crippen molar-refractivity contribution in [2.24, 2.45) is 34.5 Å². The number of carbonyl (C=O) groups is 4. The van der Waals surface area contributed by atoms with Gasteiger partial charge in [0.15, 0.2) is 5.78 Å². The van der Waals surface area contributed by atoms with Gasteiger partial charge >= 0.3 is 0 Å². The molecular formula is C42H58N4O8S. The fourth-order valence-corrected chi connectivity index (χ4v) is 10.0. The Kier molecular flexibility index (Phi) is 11.6. The molecule has 2 aliphatic carbocycles. The van der Waals surface area contributed by atoms with Gasteiger partial charge in [-0.05, 0) is 80.8 Å². The van der Waals surface area contributed by atoms with Crippen LogP contribution in [0.2, 0.25) is 0 Å². The maximum Gasteiger partial charge on any atom is 0.242 e. The topological polar surface area (TPSA) is 162 Å². The lowest BCUT2D eigenvalue weighted by molar-refractivity contribution is -0.145. The molecular weight excluding hydrogens is 721 g/mol. The quantitative estimate of drug-likeness (QED) is 0.269. The van der Waals surface area contributed by atoms with Gasteiger partial charge in [-0.2, -0.15) is 0 Å². The van der Waals surface area contributed by atoms with Crippen LogP contribution in [0.4, 0.5) is 0 Å². The van der Waals surface area contributed by atoms with Gasteiger partial charge in [0, 0.05) is 31.6 Å². The van der Waals surface area contributed by atoms with Crippen LogP contribution in [0, 0.1) is 34.5 Å². The van der Waals surface area contributed by atoms with Gasteiger partial charge in [0.2, 0.25) is 33.6 Å². The maximum absolute atomic E-state index is 15.0. The summed E-state index contributed by atoms with van der Waals surface area (Å²) in [6.07, 6.45) is 7.96. The molecule has 1 aromatic heterocycles. The highest BCUT2D eigenvalue weighted by Crippen LogP contribution is 2.58. The summed E-state index contributed by atoms with van der Waals surface area (Å²) in [5.74, 6) is -1.48. The molecule has 1 aromatic carbocycles. The first-order valence-corrected chi connectivity index (χ1v) is 21.4. The van der Waals surface area contributed by atoms with Crippen molar-refractivity contribution in [2.45, 2.75) is 129 Å². The summed E-state index contributed by atoms with van der Waals surface area (Å²) >= 11 is 0. The molecule has 2 aromatic rings. The molecule has 3 fully saturated rings. The molecule has 4 aliphatic rings. The molecule has 2 saturated carbocycles. The average Bonchev–Trinajstić information content (AvgIpc) is 4.00. The summed E-state index contributed by atoms with van der Waals surface area (Å²) < 4.78 is 39.8. The normalized spacial score (nSPS) is 30.3. The van der Waals surface area contributed by atoms with E-state index in [0.717, 1.165) is 19.3 Å². The number of sulfonamides is 1. The van der Waals surface area contributed by atoms with Crippen molar-refractivity contribution in [3.63, 3.8) is 0 Å². The highest BCUT2D eigenvalue weighted by atomic mass is 32.2. The molecule has 55 heavy (non-hydrogen) atoms. The van der Waals surface area contributed by atoms with Crippen molar-refractivity contribution >= 4 is 44.2 Å². The smallest absolute Gasteiger partial charge is 0.242 e. The average molecular weight is 779 g/mol. The number of Topliss-reactive ketones (excluding diaryl/α,β-unsaturated/α-hetero) is 2. The van der Waals surface area contributed by atoms with E-state index < -0.39 is 44.2 Å². The largest absolute Gasteiger partial charge is 0.479 e. The van der Waals surface area contributed by atoms with E-state index in [-0.39, 0.29) is 72.3 Å². The minimum Gasteiger partial charge on any atom is -0.479 e. The Labute approximate surface area is 325 Å². The third-order valence-corrected chi connectivity index (χ3v) is 14.6. The Morgan fingerprint density at radius 1 is 1.05 bits per heavy atom. The predicted molar refractivity (Wildman–Crippen MR) is 209 cm³/mol. The van der Waals surface area contributed by atoms with Crippen LogP contribution < -0.4 is 14.2 Å². The summed E-state index contributed by atoms with van der Waals surface area (Å²) in [5, 5.41) is 9.87. The summed E-state index contributed by atoms with van der Waals surface area (Å²) in [7, 11) is -2.43. The summed E-state index contributed by atoms with van der Waals surface area (Å²) in [5.41, 5.74) is -1.51. The van der Waals surface area contributed by atoms with Crippen molar-refractivity contribution in [1.82, 2.24) is 19.8 Å². The second kappa shape index (κ2) is 15.6. The second-order valence-electron chi connectivity index (χ2n) is 18.1. The van der Waals surface area contributed by atoms with Crippen molar-refractivity contribution in [3.8, 4) is 11.8 Å². The van der Waals surface area contributed by atoms with Gasteiger partial charge in [0.1, 0.15) is 11.9 Å². The van der Waals surface area contributed by atoms with Crippen LogP contribution >= 0.6 is 0 Å². The van der Waals surface area contributed by atoms with E-state index in [1.165, 1.54) is 7.11 Å². The zero-order valence-electron chi connectivity index (χ0n) is 33.4. The number of amides is 2. The Hall–Kier alpha value is -3.87. The van der Waals surface area contributed by atoms with Crippen molar-refractivity contribution in [2.75, 3.05) is 13.7 Å². The summed E-state index contributed by atoms with van der Waals surface area (Å²) in [6, 6.07) is 6.44. The van der Waals surface area contributed by atoms with Gasteiger partial charge < -0.3 is 14.4 Å². The summed E-state index contributed by atoms with van der Waals surface area (Å²) in [6.45, 7) is 11.9. The summed E-state index contributed by atoms with van der Waals surface area (Å²) in [4.78, 5) is 59.0. The van der Waals surface area contributed by atoms with Crippen molar-refractivity contribution < 1.29 is 37.1 Å². The predicted octanol–water partition coefficient (Wildman–Crippen LogP) is 6.36. The minimum absolute atomic E-state index is 0.00895. The van der Waals surface area contributed by atoms with E-state index >= 15 is 4.79 Å². The number of allylic oxidation sites excluding steroid dienone is 2. The number of ether oxygens (including phenoxy) is 2. The van der Waals surface area contributed by atoms with Crippen molar-refractivity contribution in [3.05, 3.63) is 36.4 Å². The SMILES string of the molecule is CC[C@@H]1C[C@@H](C)CC/C=C\[C@@H]2C[C@@]2(C(=O)NS(=O)(=O)C2(C)CC2)CC(=O)[C@@H]2C[C@@H](Oc3nnc(OC)c4ccccc34)CN2C(=O)[C@H]1CC(=O)CC(C)(C)C. The van der Waals surface area contributed by atoms with Crippen LogP contribution in [-0.4, -0.2) is 77.4 Å². The number of hydrogen-bond donors (Lipinski definition) is 1. The fraction of sp³-hybridized carbons (Fsp3) is 0.667. The van der Waals surface area contributed by atoms with Crippen LogP contribution in [0.3, 0.4) is 0 Å². The van der Waals surface area contributed by atoms with E-state index in [9.17, 15) is 22.8 Å². The molecule has 0 bridgehead atoms. The van der Waals surface area contributed by atoms with Crippen LogP contribution in [-0.2, 0) is 29.2 Å². The Balaban J connectivity index is 1.37. The second-order valence-corrected chi connectivity index (χ2v) is 20.3. The number of ketones is 2. The van der Waals surface area contributed by atoms with Crippen LogP contribution in [0.25, 0.3) is 10.8 Å². The first-order chi connectivity index (χ1) is 25.9. The first kappa shape index (κ1) is 40.8. The lowest BCUT2D eigenvalue weighted by Gasteiger charge is -2.33. The van der Waals surface area contributed by atoms with Gasteiger partial charge in [-0.1, -0.05) is 65.3 Å². The Morgan fingerprint density at radius 3 is 2.36 bits per heavy atom. The number of benzene rings is 1. The van der Waals surface area contributed by atoms with E-state index in [4.69, 9.17) is 9.47 Å². The fourth-order valence-electron chi connectivity index (χ4n) is 8.70. The molecule has 0 unspecified atom stereocenters. The lowest BCUT2D eigenvalue weighted by atomic mass is 9.77. The molecule has 0 spiro atoms. The molecule has 6 rings (SSSR count). The molecule has 0 radical (unpaired) electrons. The van der Waals surface area contributed by atoms with Crippen LogP contribution in [0.1, 0.15) is 112 Å². The Bertz CT molecular complexity index is 1950. The zero-order chi connectivity index (χ0) is 39.9. The number of fused-ring (bicyclic) bond motifs is 3. The monoisotopic (exact) mass is 778 g/mol. The molecule has 2 amide bonds. The van der Waals surface area contributed by atoms with E-state index in [2.05, 4.69) is 28.8 Å². The van der Waals surface area contributed by atoms with Crippen LogP contribution in [0.5, 0.6) is 11.8 Å². The highest BCUT2D eigenvalue weighted by Gasteiger charge is 2.62. The maximum atomic E-state index is 15.0. The number of methoxy groups -OCH3 is 1. The zero-order valence-corrected chi connectivity index (χ0v) is 34.2. The van der Waals surface area contributed by atoms with Gasteiger partial charge in [0.25, 0.3) is 0 Å². The molecule has 1 N–H and O–H groups in total. The lowest BCUT2D eigenvalue weighted by Crippen LogP contribution is -2.48. The number of carbonyl (C=O) groups excluding carboxylic acids is 4. The van der Waals surface area contributed by atoms with Gasteiger partial charge in [-0.15, -0.1) is 10.2 Å². The molecule has 1 saturated heterocycles. The number of hydrogen-bond acceptors (Lipinski definition) is 10. The first-order valence-electron chi connectivity index (χ1n) is 19.9. The highest BCUT2D eigenvalue weighted by molar-refractivity contribution is 7.91. The number of rotatable bonds is 10. The van der Waals surface area contributed by atoms with Gasteiger partial charge in [-0.25, -0.2) is 8.42 Å². The molecule has 13 heteroatoms. The van der Waals surface area contributed by atoms with E-state index in [1.807, 2.05) is 57.2 Å². The minimum atomic E-state index is -3.94. The molecule has 12 nitrogen and oxygen atoms in total. The molecule has 3 heterocycles. The molecule has 7 atom stereocenters. The van der Waals surface area contributed by atoms with E-state index in [0.29, 0.717) is 48.8 Å².